The zero-order valence-corrected chi connectivity index (χ0v) is 9.22. The minimum absolute atomic E-state index is 0.0331. The van der Waals surface area contributed by atoms with Crippen molar-refractivity contribution in [3.8, 4) is 5.75 Å². The fourth-order valence-corrected chi connectivity index (χ4v) is 1.09. The fourth-order valence-electron chi connectivity index (χ4n) is 1.09. The Bertz CT molecular complexity index is 369. The van der Waals surface area contributed by atoms with Crippen LogP contribution in [0.2, 0.25) is 0 Å². The molecule has 0 aromatic heterocycles. The van der Waals surface area contributed by atoms with Crippen LogP contribution in [0, 0.1) is 0 Å². The Morgan fingerprint density at radius 3 is 2.56 bits per heavy atom. The number of carbonyl (C=O) groups is 1. The summed E-state index contributed by atoms with van der Waals surface area (Å²) >= 11 is 0. The molecule has 0 radical (unpaired) electrons. The lowest BCUT2D eigenvalue weighted by Gasteiger charge is -2.03. The van der Waals surface area contributed by atoms with Gasteiger partial charge < -0.3 is 16.2 Å². The summed E-state index contributed by atoms with van der Waals surface area (Å²) in [6.45, 7) is 1.80. The van der Waals surface area contributed by atoms with Crippen LogP contribution in [-0.2, 0) is 4.79 Å². The molecular formula is C12H16N2O2. The van der Waals surface area contributed by atoms with Crippen LogP contribution in [0.15, 0.2) is 30.3 Å². The molecule has 1 aromatic rings. The van der Waals surface area contributed by atoms with Crippen molar-refractivity contribution in [1.82, 2.24) is 0 Å². The molecule has 1 atom stereocenters. The first-order valence-corrected chi connectivity index (χ1v) is 5.03. The number of benzene rings is 1. The second kappa shape index (κ2) is 5.92. The average Bonchev–Trinajstić information content (AvgIpc) is 2.25. The molecule has 0 saturated heterocycles. The third-order valence-corrected chi connectivity index (χ3v) is 1.85. The molecule has 0 bridgehead atoms. The molecule has 1 amide bonds. The van der Waals surface area contributed by atoms with E-state index in [0.29, 0.717) is 5.75 Å². The molecule has 0 heterocycles. The van der Waals surface area contributed by atoms with Crippen LogP contribution in [0.5, 0.6) is 5.75 Å². The van der Waals surface area contributed by atoms with Gasteiger partial charge in [0.2, 0.25) is 0 Å². The smallest absolute Gasteiger partial charge is 0.255 e. The van der Waals surface area contributed by atoms with E-state index >= 15 is 0 Å². The normalized spacial score (nSPS) is 12.6. The molecule has 1 aromatic carbocycles. The molecule has 86 valence electrons. The van der Waals surface area contributed by atoms with Gasteiger partial charge in [-0.1, -0.05) is 24.3 Å². The highest BCUT2D eigenvalue weighted by atomic mass is 16.5. The highest BCUT2D eigenvalue weighted by Gasteiger charge is 1.96. The van der Waals surface area contributed by atoms with Crippen LogP contribution >= 0.6 is 0 Å². The SMILES string of the molecule is CC(N)/C=C/c1ccc(OCC(N)=O)cc1. The van der Waals surface area contributed by atoms with Crippen molar-refractivity contribution in [3.05, 3.63) is 35.9 Å². The standard InChI is InChI=1S/C12H16N2O2/c1-9(13)2-3-10-4-6-11(7-5-10)16-8-12(14)15/h2-7,9H,8,13H2,1H3,(H2,14,15)/b3-2+. The molecule has 1 unspecified atom stereocenters. The van der Waals surface area contributed by atoms with E-state index in [1.165, 1.54) is 0 Å². The van der Waals surface area contributed by atoms with Crippen molar-refractivity contribution in [2.24, 2.45) is 11.5 Å². The van der Waals surface area contributed by atoms with Crippen molar-refractivity contribution in [3.63, 3.8) is 0 Å². The predicted molar refractivity (Wildman–Crippen MR) is 63.8 cm³/mol. The van der Waals surface area contributed by atoms with Gasteiger partial charge in [0.25, 0.3) is 5.91 Å². The van der Waals surface area contributed by atoms with Crippen molar-refractivity contribution in [1.29, 1.82) is 0 Å². The second-order valence-electron chi connectivity index (χ2n) is 3.54. The Labute approximate surface area is 94.9 Å². The molecule has 0 aliphatic heterocycles. The summed E-state index contributed by atoms with van der Waals surface area (Å²) in [5.74, 6) is 0.137. The van der Waals surface area contributed by atoms with Gasteiger partial charge in [-0.25, -0.2) is 0 Å². The summed E-state index contributed by atoms with van der Waals surface area (Å²) in [4.78, 5) is 10.5. The minimum Gasteiger partial charge on any atom is -0.484 e. The molecular weight excluding hydrogens is 204 g/mol. The van der Waals surface area contributed by atoms with E-state index in [1.807, 2.05) is 31.2 Å². The van der Waals surface area contributed by atoms with E-state index in [1.54, 1.807) is 12.1 Å². The molecule has 4 heteroatoms. The number of primary amides is 1. The van der Waals surface area contributed by atoms with E-state index in [-0.39, 0.29) is 12.6 Å². The molecule has 1 rings (SSSR count). The van der Waals surface area contributed by atoms with Gasteiger partial charge in [0, 0.05) is 6.04 Å². The van der Waals surface area contributed by atoms with Crippen molar-refractivity contribution >= 4 is 12.0 Å². The third-order valence-electron chi connectivity index (χ3n) is 1.85. The summed E-state index contributed by atoms with van der Waals surface area (Å²) in [5, 5.41) is 0. The van der Waals surface area contributed by atoms with Gasteiger partial charge >= 0.3 is 0 Å². The van der Waals surface area contributed by atoms with E-state index in [4.69, 9.17) is 16.2 Å². The van der Waals surface area contributed by atoms with E-state index in [0.717, 1.165) is 5.56 Å². The maximum Gasteiger partial charge on any atom is 0.255 e. The number of hydrogen-bond donors (Lipinski definition) is 2. The van der Waals surface area contributed by atoms with Gasteiger partial charge in [0.1, 0.15) is 5.75 Å². The lowest BCUT2D eigenvalue weighted by molar-refractivity contribution is -0.119. The molecule has 0 aliphatic carbocycles. The zero-order chi connectivity index (χ0) is 12.0. The highest BCUT2D eigenvalue weighted by molar-refractivity contribution is 5.75. The predicted octanol–water partition coefficient (Wildman–Crippen LogP) is 0.911. The van der Waals surface area contributed by atoms with Crippen molar-refractivity contribution in [2.45, 2.75) is 13.0 Å². The van der Waals surface area contributed by atoms with Crippen LogP contribution in [0.1, 0.15) is 12.5 Å². The molecule has 0 saturated carbocycles. The Morgan fingerprint density at radius 1 is 1.44 bits per heavy atom. The topological polar surface area (TPSA) is 78.3 Å². The van der Waals surface area contributed by atoms with E-state index in [2.05, 4.69) is 0 Å². The molecule has 4 nitrogen and oxygen atoms in total. The number of amides is 1. The lowest BCUT2D eigenvalue weighted by Crippen LogP contribution is -2.19. The molecule has 0 fully saturated rings. The number of nitrogens with two attached hydrogens (primary N) is 2. The Balaban J connectivity index is 2.57. The minimum atomic E-state index is -0.485. The van der Waals surface area contributed by atoms with Crippen LogP contribution in [-0.4, -0.2) is 18.6 Å². The number of carbonyl (C=O) groups excluding carboxylic acids is 1. The van der Waals surface area contributed by atoms with Crippen LogP contribution in [0.4, 0.5) is 0 Å². The Morgan fingerprint density at radius 2 is 2.06 bits per heavy atom. The molecule has 0 aliphatic rings. The van der Waals surface area contributed by atoms with E-state index < -0.39 is 5.91 Å². The summed E-state index contributed by atoms with van der Waals surface area (Å²) in [5.41, 5.74) is 11.6. The van der Waals surface area contributed by atoms with Gasteiger partial charge in [0.15, 0.2) is 6.61 Å². The molecule has 0 spiro atoms. The molecule has 4 N–H and O–H groups in total. The highest BCUT2D eigenvalue weighted by Crippen LogP contribution is 2.13. The summed E-state index contributed by atoms with van der Waals surface area (Å²) in [7, 11) is 0. The summed E-state index contributed by atoms with van der Waals surface area (Å²) in [6, 6.07) is 7.36. The number of hydrogen-bond acceptors (Lipinski definition) is 3. The first-order chi connectivity index (χ1) is 7.58. The first-order valence-electron chi connectivity index (χ1n) is 5.03. The third kappa shape index (κ3) is 4.61. The first kappa shape index (κ1) is 12.3. The maximum absolute atomic E-state index is 10.5. The van der Waals surface area contributed by atoms with Gasteiger partial charge in [0.05, 0.1) is 0 Å². The largest absolute Gasteiger partial charge is 0.484 e. The Hall–Kier alpha value is -1.81. The number of ether oxygens (including phenoxy) is 1. The van der Waals surface area contributed by atoms with Crippen LogP contribution in [0.25, 0.3) is 6.08 Å². The van der Waals surface area contributed by atoms with Crippen molar-refractivity contribution in [2.75, 3.05) is 6.61 Å². The summed E-state index contributed by atoms with van der Waals surface area (Å²) in [6.07, 6.45) is 3.84. The van der Waals surface area contributed by atoms with Gasteiger partial charge in [-0.15, -0.1) is 0 Å². The van der Waals surface area contributed by atoms with E-state index in [9.17, 15) is 4.79 Å². The fraction of sp³-hybridized carbons (Fsp3) is 0.250. The van der Waals surface area contributed by atoms with Crippen molar-refractivity contribution < 1.29 is 9.53 Å². The monoisotopic (exact) mass is 220 g/mol. The molecule has 16 heavy (non-hydrogen) atoms. The average molecular weight is 220 g/mol. The maximum atomic E-state index is 10.5. The zero-order valence-electron chi connectivity index (χ0n) is 9.22. The Kier molecular flexibility index (Phi) is 4.54. The lowest BCUT2D eigenvalue weighted by atomic mass is 10.2. The second-order valence-corrected chi connectivity index (χ2v) is 3.54. The summed E-state index contributed by atoms with van der Waals surface area (Å²) < 4.78 is 5.12. The van der Waals surface area contributed by atoms with Gasteiger partial charge in [-0.05, 0) is 24.6 Å². The number of rotatable bonds is 5. The van der Waals surface area contributed by atoms with Crippen LogP contribution in [0.3, 0.4) is 0 Å². The van der Waals surface area contributed by atoms with Gasteiger partial charge in [-0.3, -0.25) is 4.79 Å². The van der Waals surface area contributed by atoms with Crippen LogP contribution < -0.4 is 16.2 Å². The quantitative estimate of drug-likeness (QED) is 0.774. The van der Waals surface area contributed by atoms with Gasteiger partial charge in [-0.2, -0.15) is 0 Å².